The highest BCUT2D eigenvalue weighted by atomic mass is 16.2. The third-order valence-corrected chi connectivity index (χ3v) is 6.51. The zero-order valence-electron chi connectivity index (χ0n) is 15.3. The van der Waals surface area contributed by atoms with E-state index in [1.54, 1.807) is 0 Å². The summed E-state index contributed by atoms with van der Waals surface area (Å²) in [6.07, 6.45) is 7.57. The van der Waals surface area contributed by atoms with Gasteiger partial charge in [-0.3, -0.25) is 24.6 Å². The highest BCUT2D eigenvalue weighted by Crippen LogP contribution is 2.40. The summed E-state index contributed by atoms with van der Waals surface area (Å²) in [5.74, 6) is 0.835. The lowest BCUT2D eigenvalue weighted by atomic mass is 9.78. The van der Waals surface area contributed by atoms with E-state index in [2.05, 4.69) is 15.1 Å². The van der Waals surface area contributed by atoms with Crippen molar-refractivity contribution in [2.24, 2.45) is 11.3 Å². The van der Waals surface area contributed by atoms with Crippen LogP contribution in [0.2, 0.25) is 0 Å². The Hall–Kier alpha value is -1.89. The van der Waals surface area contributed by atoms with E-state index in [4.69, 9.17) is 0 Å². The Morgan fingerprint density at radius 3 is 2.73 bits per heavy atom. The van der Waals surface area contributed by atoms with Gasteiger partial charge in [-0.2, -0.15) is 0 Å². The lowest BCUT2D eigenvalue weighted by molar-refractivity contribution is -0.130. The average molecular weight is 360 g/mol. The van der Waals surface area contributed by atoms with Crippen LogP contribution in [0.1, 0.15) is 44.1 Å². The number of H-pyrrole nitrogens is 2. The van der Waals surface area contributed by atoms with Gasteiger partial charge < -0.3 is 9.80 Å². The van der Waals surface area contributed by atoms with Gasteiger partial charge in [0.25, 0.3) is 11.1 Å². The van der Waals surface area contributed by atoms with E-state index in [0.29, 0.717) is 0 Å². The quantitative estimate of drug-likeness (QED) is 0.828. The molecule has 3 aliphatic rings. The summed E-state index contributed by atoms with van der Waals surface area (Å²) < 4.78 is 0. The first-order chi connectivity index (χ1) is 12.5. The van der Waals surface area contributed by atoms with Gasteiger partial charge in [0.15, 0.2) is 0 Å². The van der Waals surface area contributed by atoms with Gasteiger partial charge in [-0.05, 0) is 44.6 Å². The van der Waals surface area contributed by atoms with Gasteiger partial charge in [0.1, 0.15) is 0 Å². The Balaban J connectivity index is 1.37. The third-order valence-electron chi connectivity index (χ3n) is 6.51. The van der Waals surface area contributed by atoms with Crippen LogP contribution in [0.3, 0.4) is 0 Å². The van der Waals surface area contributed by atoms with Crippen molar-refractivity contribution in [3.05, 3.63) is 32.3 Å². The molecule has 1 atom stereocenters. The normalized spacial score (nSPS) is 27.0. The van der Waals surface area contributed by atoms with Gasteiger partial charge in [-0.1, -0.05) is 6.42 Å². The summed E-state index contributed by atoms with van der Waals surface area (Å²) in [7, 11) is 0. The molecule has 0 aromatic carbocycles. The lowest BCUT2D eigenvalue weighted by Gasteiger charge is -2.43. The lowest BCUT2D eigenvalue weighted by Crippen LogP contribution is -2.47. The van der Waals surface area contributed by atoms with Gasteiger partial charge >= 0.3 is 0 Å². The van der Waals surface area contributed by atoms with Crippen LogP contribution in [0, 0.1) is 11.3 Å². The van der Waals surface area contributed by atoms with Crippen molar-refractivity contribution in [2.75, 3.05) is 32.7 Å². The number of likely N-dealkylation sites (tertiary alicyclic amines) is 2. The van der Waals surface area contributed by atoms with Crippen molar-refractivity contribution in [2.45, 2.75) is 44.9 Å². The molecular weight excluding hydrogens is 332 g/mol. The van der Waals surface area contributed by atoms with E-state index in [0.717, 1.165) is 32.0 Å². The summed E-state index contributed by atoms with van der Waals surface area (Å²) in [5, 5.41) is 4.52. The van der Waals surface area contributed by atoms with Crippen LogP contribution in [0.15, 0.2) is 15.7 Å². The molecule has 26 heavy (non-hydrogen) atoms. The molecule has 1 saturated carbocycles. The van der Waals surface area contributed by atoms with Crippen molar-refractivity contribution >= 4 is 5.91 Å². The molecule has 1 spiro atoms. The Morgan fingerprint density at radius 1 is 1.12 bits per heavy atom. The Morgan fingerprint density at radius 2 is 1.96 bits per heavy atom. The van der Waals surface area contributed by atoms with Crippen LogP contribution in [-0.4, -0.2) is 58.6 Å². The largest absolute Gasteiger partial charge is 0.342 e. The SMILES string of the molecule is O=C(Cc1cc(=O)[nH][nH]c1=O)N1CCC2(CCCN(CC3CCC3)C2)C1. The predicted molar refractivity (Wildman–Crippen MR) is 98.0 cm³/mol. The second kappa shape index (κ2) is 7.02. The molecule has 7 nitrogen and oxygen atoms in total. The Bertz CT molecular complexity index is 781. The zero-order valence-corrected chi connectivity index (χ0v) is 15.3. The van der Waals surface area contributed by atoms with Crippen molar-refractivity contribution in [3.8, 4) is 0 Å². The zero-order chi connectivity index (χ0) is 18.1. The minimum absolute atomic E-state index is 0.00111. The van der Waals surface area contributed by atoms with Gasteiger partial charge in [-0.25, -0.2) is 0 Å². The smallest absolute Gasteiger partial charge is 0.266 e. The first-order valence-electron chi connectivity index (χ1n) is 9.84. The molecule has 7 heteroatoms. The molecule has 4 rings (SSSR count). The first kappa shape index (κ1) is 17.5. The van der Waals surface area contributed by atoms with Gasteiger partial charge in [0, 0.05) is 43.2 Å². The second-order valence-corrected chi connectivity index (χ2v) is 8.49. The molecule has 1 unspecified atom stereocenters. The molecule has 2 saturated heterocycles. The molecule has 1 aromatic rings. The van der Waals surface area contributed by atoms with Gasteiger partial charge in [0.2, 0.25) is 5.91 Å². The fourth-order valence-corrected chi connectivity index (χ4v) is 4.85. The number of amides is 1. The Kier molecular flexibility index (Phi) is 4.73. The maximum atomic E-state index is 12.7. The number of carbonyl (C=O) groups excluding carboxylic acids is 1. The number of rotatable bonds is 4. The molecule has 1 amide bonds. The number of hydrogen-bond acceptors (Lipinski definition) is 4. The molecule has 0 radical (unpaired) electrons. The van der Waals surface area contributed by atoms with Crippen molar-refractivity contribution in [1.82, 2.24) is 20.0 Å². The number of aromatic amines is 2. The third kappa shape index (κ3) is 3.63. The van der Waals surface area contributed by atoms with Crippen molar-refractivity contribution in [1.29, 1.82) is 0 Å². The summed E-state index contributed by atoms with van der Waals surface area (Å²) in [5.41, 5.74) is -0.312. The van der Waals surface area contributed by atoms with Gasteiger partial charge in [-0.15, -0.1) is 0 Å². The molecular formula is C19H28N4O3. The maximum absolute atomic E-state index is 12.7. The van der Waals surface area contributed by atoms with Crippen LogP contribution < -0.4 is 11.1 Å². The Labute approximate surface area is 152 Å². The van der Waals surface area contributed by atoms with Gasteiger partial charge in [0.05, 0.1) is 6.42 Å². The van der Waals surface area contributed by atoms with E-state index in [1.165, 1.54) is 51.3 Å². The second-order valence-electron chi connectivity index (χ2n) is 8.49. The van der Waals surface area contributed by atoms with Crippen molar-refractivity contribution in [3.63, 3.8) is 0 Å². The molecule has 2 aliphatic heterocycles. The van der Waals surface area contributed by atoms with Crippen LogP contribution >= 0.6 is 0 Å². The number of piperidine rings is 1. The van der Waals surface area contributed by atoms with Crippen molar-refractivity contribution < 1.29 is 4.79 Å². The average Bonchev–Trinajstić information content (AvgIpc) is 2.98. The molecule has 3 heterocycles. The van der Waals surface area contributed by atoms with Crippen LogP contribution in [0.25, 0.3) is 0 Å². The fraction of sp³-hybridized carbons (Fsp3) is 0.737. The molecule has 1 aliphatic carbocycles. The predicted octanol–water partition coefficient (Wildman–Crippen LogP) is 0.720. The van der Waals surface area contributed by atoms with E-state index in [9.17, 15) is 14.4 Å². The highest BCUT2D eigenvalue weighted by Gasteiger charge is 2.43. The number of hydrogen-bond donors (Lipinski definition) is 2. The standard InChI is InChI=1S/C19H28N4O3/c24-16-9-15(18(26)21-20-16)10-17(25)23-8-6-19(13-23)5-2-7-22(12-19)11-14-3-1-4-14/h9,14H,1-8,10-13H2,(H,20,24)(H,21,26). The van der Waals surface area contributed by atoms with Crippen LogP contribution in [-0.2, 0) is 11.2 Å². The van der Waals surface area contributed by atoms with Crippen LogP contribution in [0.5, 0.6) is 0 Å². The number of nitrogens with zero attached hydrogens (tertiary/aromatic N) is 2. The van der Waals surface area contributed by atoms with E-state index in [-0.39, 0.29) is 28.9 Å². The monoisotopic (exact) mass is 360 g/mol. The fourth-order valence-electron chi connectivity index (χ4n) is 4.85. The summed E-state index contributed by atoms with van der Waals surface area (Å²) in [6.45, 7) is 5.05. The highest BCUT2D eigenvalue weighted by molar-refractivity contribution is 5.79. The molecule has 142 valence electrons. The van der Waals surface area contributed by atoms with E-state index >= 15 is 0 Å². The van der Waals surface area contributed by atoms with E-state index < -0.39 is 5.56 Å². The number of nitrogens with one attached hydrogen (secondary N) is 2. The van der Waals surface area contributed by atoms with Crippen LogP contribution in [0.4, 0.5) is 0 Å². The minimum Gasteiger partial charge on any atom is -0.342 e. The maximum Gasteiger partial charge on any atom is 0.266 e. The topological polar surface area (TPSA) is 89.3 Å². The van der Waals surface area contributed by atoms with E-state index in [1.807, 2.05) is 4.90 Å². The summed E-state index contributed by atoms with van der Waals surface area (Å²) in [4.78, 5) is 40.4. The summed E-state index contributed by atoms with van der Waals surface area (Å²) >= 11 is 0. The molecule has 0 bridgehead atoms. The number of aromatic nitrogens is 2. The minimum atomic E-state index is -0.392. The number of carbonyl (C=O) groups is 1. The summed E-state index contributed by atoms with van der Waals surface area (Å²) in [6, 6.07) is 1.23. The molecule has 1 aromatic heterocycles. The first-order valence-corrected chi connectivity index (χ1v) is 9.84. The molecule has 3 fully saturated rings. The molecule has 2 N–H and O–H groups in total.